The zero-order valence-corrected chi connectivity index (χ0v) is 11.2. The lowest BCUT2D eigenvalue weighted by atomic mass is 10.1. The fourth-order valence-electron chi connectivity index (χ4n) is 2.04. The maximum Gasteiger partial charge on any atom is 0.158 e. The Balaban J connectivity index is 1.93. The zero-order valence-electron chi connectivity index (χ0n) is 9.62. The van der Waals surface area contributed by atoms with E-state index in [1.165, 1.54) is 6.33 Å². The Hall–Kier alpha value is -1.04. The molecule has 0 spiro atoms. The molecule has 0 saturated carbocycles. The van der Waals surface area contributed by atoms with Crippen LogP contribution in [0.5, 0.6) is 0 Å². The van der Waals surface area contributed by atoms with E-state index < -0.39 is 0 Å². The van der Waals surface area contributed by atoms with Gasteiger partial charge in [-0.25, -0.2) is 9.67 Å². The predicted octanol–water partition coefficient (Wildman–Crippen LogP) is 2.55. The van der Waals surface area contributed by atoms with Gasteiger partial charge in [0.05, 0.1) is 13.2 Å². The molecule has 3 rings (SSSR count). The molecule has 4 nitrogen and oxygen atoms in total. The van der Waals surface area contributed by atoms with Gasteiger partial charge in [0.15, 0.2) is 4.93 Å². The summed E-state index contributed by atoms with van der Waals surface area (Å²) in [7, 11) is 0. The second kappa shape index (κ2) is 4.91. The molecule has 6 heteroatoms. The normalized spacial score (nSPS) is 23.4. The monoisotopic (exact) mass is 281 g/mol. The molecule has 0 amide bonds. The van der Waals surface area contributed by atoms with Gasteiger partial charge in [-0.3, -0.25) is 0 Å². The number of hydrogen-bond acceptors (Lipinski definition) is 4. The van der Waals surface area contributed by atoms with Crippen LogP contribution >= 0.6 is 23.4 Å². The summed E-state index contributed by atoms with van der Waals surface area (Å²) >= 11 is 7.72. The van der Waals surface area contributed by atoms with Gasteiger partial charge in [0.25, 0.3) is 0 Å². The summed E-state index contributed by atoms with van der Waals surface area (Å²) in [6.07, 6.45) is 3.25. The SMILES string of the molecule is Clc1ccc(C2(Cn3cncn3)OCCS2)cc1. The minimum Gasteiger partial charge on any atom is -0.357 e. The van der Waals surface area contributed by atoms with E-state index in [9.17, 15) is 0 Å². The average molecular weight is 282 g/mol. The first kappa shape index (κ1) is 12.0. The lowest BCUT2D eigenvalue weighted by molar-refractivity contribution is 0.0330. The third kappa shape index (κ3) is 2.25. The van der Waals surface area contributed by atoms with Crippen molar-refractivity contribution in [2.75, 3.05) is 12.4 Å². The molecule has 94 valence electrons. The summed E-state index contributed by atoms with van der Waals surface area (Å²) in [5.74, 6) is 0.983. The third-order valence-corrected chi connectivity index (χ3v) is 4.45. The summed E-state index contributed by atoms with van der Waals surface area (Å²) in [6.45, 7) is 1.40. The molecular weight excluding hydrogens is 270 g/mol. The highest BCUT2D eigenvalue weighted by Gasteiger charge is 2.38. The Bertz CT molecular complexity index is 509. The maximum absolute atomic E-state index is 5.97. The molecule has 0 N–H and O–H groups in total. The number of aromatic nitrogens is 3. The molecule has 1 aromatic heterocycles. The van der Waals surface area contributed by atoms with Crippen LogP contribution in [0.3, 0.4) is 0 Å². The second-order valence-corrected chi connectivity index (χ2v) is 5.84. The topological polar surface area (TPSA) is 39.9 Å². The van der Waals surface area contributed by atoms with Crippen LogP contribution in [0.15, 0.2) is 36.9 Å². The van der Waals surface area contributed by atoms with Crippen LogP contribution in [-0.2, 0) is 16.2 Å². The summed E-state index contributed by atoms with van der Waals surface area (Å²) in [5.41, 5.74) is 1.12. The van der Waals surface area contributed by atoms with Crippen LogP contribution < -0.4 is 0 Å². The highest BCUT2D eigenvalue weighted by Crippen LogP contribution is 2.43. The van der Waals surface area contributed by atoms with Crippen LogP contribution in [0.2, 0.25) is 5.02 Å². The Morgan fingerprint density at radius 2 is 2.22 bits per heavy atom. The van der Waals surface area contributed by atoms with Gasteiger partial charge in [-0.2, -0.15) is 5.10 Å². The molecule has 1 unspecified atom stereocenters. The Morgan fingerprint density at radius 1 is 1.39 bits per heavy atom. The van der Waals surface area contributed by atoms with E-state index in [2.05, 4.69) is 10.1 Å². The molecule has 1 atom stereocenters. The van der Waals surface area contributed by atoms with Crippen molar-refractivity contribution in [1.29, 1.82) is 0 Å². The Morgan fingerprint density at radius 3 is 2.83 bits per heavy atom. The van der Waals surface area contributed by atoms with E-state index in [4.69, 9.17) is 16.3 Å². The van der Waals surface area contributed by atoms with Gasteiger partial charge in [0, 0.05) is 10.8 Å². The van der Waals surface area contributed by atoms with Crippen LogP contribution in [-0.4, -0.2) is 27.1 Å². The fraction of sp³-hybridized carbons (Fsp3) is 0.333. The number of rotatable bonds is 3. The second-order valence-electron chi connectivity index (χ2n) is 4.05. The minimum absolute atomic E-state index is 0.377. The molecule has 1 aliphatic rings. The fourth-order valence-corrected chi connectivity index (χ4v) is 3.35. The molecule has 1 aliphatic heterocycles. The molecule has 0 aliphatic carbocycles. The number of benzene rings is 1. The average Bonchev–Trinajstić information content (AvgIpc) is 3.03. The smallest absolute Gasteiger partial charge is 0.158 e. The highest BCUT2D eigenvalue weighted by molar-refractivity contribution is 8.00. The zero-order chi connectivity index (χ0) is 12.4. The summed E-state index contributed by atoms with van der Waals surface area (Å²) < 4.78 is 7.77. The van der Waals surface area contributed by atoms with Gasteiger partial charge in [0.1, 0.15) is 12.7 Å². The first-order valence-electron chi connectivity index (χ1n) is 5.65. The minimum atomic E-state index is -0.377. The molecule has 2 aromatic rings. The van der Waals surface area contributed by atoms with Crippen molar-refractivity contribution < 1.29 is 4.74 Å². The summed E-state index contributed by atoms with van der Waals surface area (Å²) in [6, 6.07) is 7.81. The van der Waals surface area contributed by atoms with Crippen molar-refractivity contribution in [2.24, 2.45) is 0 Å². The largest absolute Gasteiger partial charge is 0.357 e. The number of halogens is 1. The van der Waals surface area contributed by atoms with Crippen molar-refractivity contribution >= 4 is 23.4 Å². The molecule has 1 saturated heterocycles. The van der Waals surface area contributed by atoms with E-state index in [1.807, 2.05) is 24.3 Å². The predicted molar refractivity (Wildman–Crippen MR) is 71.6 cm³/mol. The number of hydrogen-bond donors (Lipinski definition) is 0. The van der Waals surface area contributed by atoms with Crippen LogP contribution in [0.4, 0.5) is 0 Å². The van der Waals surface area contributed by atoms with Crippen molar-refractivity contribution in [2.45, 2.75) is 11.5 Å². The van der Waals surface area contributed by atoms with E-state index in [0.717, 1.165) is 22.9 Å². The quantitative estimate of drug-likeness (QED) is 0.867. The van der Waals surface area contributed by atoms with Gasteiger partial charge >= 0.3 is 0 Å². The molecule has 1 fully saturated rings. The molecule has 1 aromatic carbocycles. The summed E-state index contributed by atoms with van der Waals surface area (Å²) in [5, 5.41) is 4.89. The highest BCUT2D eigenvalue weighted by atomic mass is 35.5. The van der Waals surface area contributed by atoms with Crippen LogP contribution in [0.1, 0.15) is 5.56 Å². The van der Waals surface area contributed by atoms with Crippen LogP contribution in [0, 0.1) is 0 Å². The number of thioether (sulfide) groups is 1. The Labute approximate surface area is 114 Å². The molecule has 18 heavy (non-hydrogen) atoms. The molecule has 0 radical (unpaired) electrons. The van der Waals surface area contributed by atoms with Crippen molar-refractivity contribution in [1.82, 2.24) is 14.8 Å². The third-order valence-electron chi connectivity index (χ3n) is 2.87. The lowest BCUT2D eigenvalue weighted by Gasteiger charge is -2.27. The van der Waals surface area contributed by atoms with Crippen molar-refractivity contribution in [3.63, 3.8) is 0 Å². The van der Waals surface area contributed by atoms with Gasteiger partial charge in [-0.1, -0.05) is 23.7 Å². The van der Waals surface area contributed by atoms with Crippen molar-refractivity contribution in [3.05, 3.63) is 47.5 Å². The summed E-state index contributed by atoms with van der Waals surface area (Å²) in [4.78, 5) is 3.59. The first-order chi connectivity index (χ1) is 8.78. The molecule has 0 bridgehead atoms. The van der Waals surface area contributed by atoms with E-state index in [-0.39, 0.29) is 4.93 Å². The van der Waals surface area contributed by atoms with Crippen LogP contribution in [0.25, 0.3) is 0 Å². The van der Waals surface area contributed by atoms with Gasteiger partial charge in [-0.15, -0.1) is 11.8 Å². The standard InChI is InChI=1S/C12H12ClN3OS/c13-11-3-1-10(2-4-11)12(17-5-6-18-12)7-16-9-14-8-15-16/h1-4,8-9H,5-7H2. The number of nitrogens with zero attached hydrogens (tertiary/aromatic N) is 3. The molecular formula is C12H12ClN3OS. The van der Waals surface area contributed by atoms with E-state index >= 15 is 0 Å². The van der Waals surface area contributed by atoms with Crippen molar-refractivity contribution in [3.8, 4) is 0 Å². The van der Waals surface area contributed by atoms with E-state index in [1.54, 1.807) is 22.8 Å². The number of ether oxygens (including phenoxy) is 1. The first-order valence-corrected chi connectivity index (χ1v) is 7.01. The van der Waals surface area contributed by atoms with E-state index in [0.29, 0.717) is 6.54 Å². The van der Waals surface area contributed by atoms with Gasteiger partial charge < -0.3 is 4.74 Å². The Kier molecular flexibility index (Phi) is 3.28. The molecule has 2 heterocycles. The van der Waals surface area contributed by atoms with Gasteiger partial charge in [-0.05, 0) is 17.7 Å². The maximum atomic E-state index is 5.97. The van der Waals surface area contributed by atoms with Gasteiger partial charge in [0.2, 0.25) is 0 Å². The lowest BCUT2D eigenvalue weighted by Crippen LogP contribution is -2.28.